The van der Waals surface area contributed by atoms with E-state index in [1.54, 1.807) is 19.1 Å². The Labute approximate surface area is 163 Å². The normalized spacial score (nSPS) is 10.8. The van der Waals surface area contributed by atoms with Crippen LogP contribution >= 0.6 is 0 Å². The summed E-state index contributed by atoms with van der Waals surface area (Å²) in [6.07, 6.45) is 0. The molecule has 0 aliphatic rings. The summed E-state index contributed by atoms with van der Waals surface area (Å²) >= 11 is 0. The molecule has 1 heterocycles. The lowest BCUT2D eigenvalue weighted by Crippen LogP contribution is -2.05. The highest BCUT2D eigenvalue weighted by Gasteiger charge is 2.13. The second-order valence-electron chi connectivity index (χ2n) is 6.56. The highest BCUT2D eigenvalue weighted by Crippen LogP contribution is 2.31. The number of hydrogen-bond acceptors (Lipinski definition) is 4. The molecule has 0 bridgehead atoms. The second kappa shape index (κ2) is 8.01. The minimum absolute atomic E-state index is 0.128. The van der Waals surface area contributed by atoms with Gasteiger partial charge in [-0.25, -0.2) is 0 Å². The second-order valence-corrected chi connectivity index (χ2v) is 6.56. The quantitative estimate of drug-likeness (QED) is 0.463. The van der Waals surface area contributed by atoms with E-state index in [2.05, 4.69) is 0 Å². The van der Waals surface area contributed by atoms with Crippen molar-refractivity contribution in [1.29, 1.82) is 0 Å². The Balaban J connectivity index is 1.67. The molecule has 1 aromatic heterocycles. The number of aryl methyl sites for hydroxylation is 1. The zero-order valence-corrected chi connectivity index (χ0v) is 15.6. The van der Waals surface area contributed by atoms with E-state index < -0.39 is 0 Å². The van der Waals surface area contributed by atoms with Gasteiger partial charge in [0.25, 0.3) is 0 Å². The molecule has 0 spiro atoms. The standard InChI is InChI=1S/C24H20O4/c1-17-12-21(25)24-22(27-16-19-10-6-3-7-11-19)13-20(14-23(24)28-17)26-15-18-8-4-2-5-9-18/h2-14H,15-16H2,1H3. The molecule has 0 radical (unpaired) electrons. The fraction of sp³-hybridized carbons (Fsp3) is 0.125. The van der Waals surface area contributed by atoms with Crippen LogP contribution in [0.4, 0.5) is 0 Å². The van der Waals surface area contributed by atoms with Crippen LogP contribution in [0.25, 0.3) is 11.0 Å². The molecule has 0 saturated carbocycles. The molecule has 0 N–H and O–H groups in total. The molecular weight excluding hydrogens is 352 g/mol. The average molecular weight is 372 g/mol. The fourth-order valence-electron chi connectivity index (χ4n) is 3.02. The van der Waals surface area contributed by atoms with Crippen molar-refractivity contribution in [3.8, 4) is 11.5 Å². The van der Waals surface area contributed by atoms with Gasteiger partial charge in [-0.2, -0.15) is 0 Å². The summed E-state index contributed by atoms with van der Waals surface area (Å²) in [4.78, 5) is 12.5. The Hall–Kier alpha value is -3.53. The third-order valence-corrected chi connectivity index (χ3v) is 4.38. The molecule has 4 nitrogen and oxygen atoms in total. The third kappa shape index (κ3) is 4.07. The first-order chi connectivity index (χ1) is 13.7. The minimum atomic E-state index is -0.128. The van der Waals surface area contributed by atoms with Crippen LogP contribution in [0.2, 0.25) is 0 Å². The topological polar surface area (TPSA) is 48.7 Å². The van der Waals surface area contributed by atoms with Gasteiger partial charge in [-0.15, -0.1) is 0 Å². The molecule has 0 aliphatic heterocycles. The molecule has 4 rings (SSSR count). The lowest BCUT2D eigenvalue weighted by atomic mass is 10.2. The molecule has 0 saturated heterocycles. The molecule has 28 heavy (non-hydrogen) atoms. The molecule has 4 aromatic rings. The smallest absolute Gasteiger partial charge is 0.196 e. The maximum absolute atomic E-state index is 12.5. The van der Waals surface area contributed by atoms with E-state index in [0.717, 1.165) is 11.1 Å². The van der Waals surface area contributed by atoms with Gasteiger partial charge in [-0.1, -0.05) is 60.7 Å². The SMILES string of the molecule is Cc1cc(=O)c2c(OCc3ccccc3)cc(OCc3ccccc3)cc2o1. The van der Waals surface area contributed by atoms with Gasteiger partial charge in [0, 0.05) is 18.2 Å². The molecule has 0 aliphatic carbocycles. The van der Waals surface area contributed by atoms with Crippen LogP contribution in [0.1, 0.15) is 16.9 Å². The van der Waals surface area contributed by atoms with E-state index in [1.807, 2.05) is 60.7 Å². The summed E-state index contributed by atoms with van der Waals surface area (Å²) in [6.45, 7) is 2.52. The zero-order valence-electron chi connectivity index (χ0n) is 15.6. The Bertz CT molecular complexity index is 1130. The number of ether oxygens (including phenoxy) is 2. The first-order valence-electron chi connectivity index (χ1n) is 9.11. The van der Waals surface area contributed by atoms with Crippen molar-refractivity contribution < 1.29 is 13.9 Å². The van der Waals surface area contributed by atoms with Crippen LogP contribution in [0.5, 0.6) is 11.5 Å². The Morgan fingerprint density at radius 1 is 0.786 bits per heavy atom. The molecule has 0 atom stereocenters. The summed E-state index contributed by atoms with van der Waals surface area (Å²) in [5.41, 5.74) is 2.40. The maximum atomic E-state index is 12.5. The zero-order chi connectivity index (χ0) is 19.3. The summed E-state index contributed by atoms with van der Waals surface area (Å²) < 4.78 is 17.7. The van der Waals surface area contributed by atoms with Gasteiger partial charge in [0.05, 0.1) is 0 Å². The highest BCUT2D eigenvalue weighted by atomic mass is 16.5. The molecule has 140 valence electrons. The first kappa shape index (κ1) is 17.9. The largest absolute Gasteiger partial charge is 0.489 e. The lowest BCUT2D eigenvalue weighted by molar-refractivity contribution is 0.292. The third-order valence-electron chi connectivity index (χ3n) is 4.38. The van der Waals surface area contributed by atoms with Crippen LogP contribution in [-0.2, 0) is 13.2 Å². The highest BCUT2D eigenvalue weighted by molar-refractivity contribution is 5.85. The lowest BCUT2D eigenvalue weighted by Gasteiger charge is -2.13. The Morgan fingerprint density at radius 2 is 1.39 bits per heavy atom. The molecule has 0 amide bonds. The number of rotatable bonds is 6. The van der Waals surface area contributed by atoms with Gasteiger partial charge in [-0.05, 0) is 18.1 Å². The van der Waals surface area contributed by atoms with Crippen molar-refractivity contribution in [3.05, 3.63) is 106 Å². The number of fused-ring (bicyclic) bond motifs is 1. The van der Waals surface area contributed by atoms with Crippen molar-refractivity contribution in [2.75, 3.05) is 0 Å². The predicted octanol–water partition coefficient (Wildman–Crippen LogP) is 5.26. The van der Waals surface area contributed by atoms with E-state index in [0.29, 0.717) is 41.4 Å². The fourth-order valence-corrected chi connectivity index (χ4v) is 3.02. The molecular formula is C24H20O4. The summed E-state index contributed by atoms with van der Waals surface area (Å²) in [6, 6.07) is 24.7. The van der Waals surface area contributed by atoms with Crippen molar-refractivity contribution in [3.63, 3.8) is 0 Å². The van der Waals surface area contributed by atoms with Crippen molar-refractivity contribution in [2.24, 2.45) is 0 Å². The Kier molecular flexibility index (Phi) is 5.11. The molecule has 3 aromatic carbocycles. The first-order valence-corrected chi connectivity index (χ1v) is 9.11. The van der Waals surface area contributed by atoms with Crippen LogP contribution in [0.15, 0.2) is 88.1 Å². The van der Waals surface area contributed by atoms with Crippen molar-refractivity contribution in [2.45, 2.75) is 20.1 Å². The molecule has 0 unspecified atom stereocenters. The molecule has 0 fully saturated rings. The summed E-state index contributed by atoms with van der Waals surface area (Å²) in [7, 11) is 0. The van der Waals surface area contributed by atoms with E-state index in [-0.39, 0.29) is 5.43 Å². The van der Waals surface area contributed by atoms with Crippen LogP contribution < -0.4 is 14.9 Å². The summed E-state index contributed by atoms with van der Waals surface area (Å²) in [5, 5.41) is 0.425. The van der Waals surface area contributed by atoms with Crippen LogP contribution in [0.3, 0.4) is 0 Å². The van der Waals surface area contributed by atoms with Gasteiger partial charge in [0.1, 0.15) is 41.4 Å². The van der Waals surface area contributed by atoms with Crippen LogP contribution in [-0.4, -0.2) is 0 Å². The van der Waals surface area contributed by atoms with Gasteiger partial charge >= 0.3 is 0 Å². The number of benzene rings is 3. The van der Waals surface area contributed by atoms with E-state index in [4.69, 9.17) is 13.9 Å². The van der Waals surface area contributed by atoms with E-state index in [9.17, 15) is 4.79 Å². The van der Waals surface area contributed by atoms with Gasteiger partial charge in [0.2, 0.25) is 0 Å². The monoisotopic (exact) mass is 372 g/mol. The van der Waals surface area contributed by atoms with Gasteiger partial charge in [0.15, 0.2) is 5.43 Å². The predicted molar refractivity (Wildman–Crippen MR) is 109 cm³/mol. The molecule has 4 heteroatoms. The van der Waals surface area contributed by atoms with E-state index >= 15 is 0 Å². The summed E-state index contributed by atoms with van der Waals surface area (Å²) in [5.74, 6) is 1.60. The van der Waals surface area contributed by atoms with Crippen molar-refractivity contribution in [1.82, 2.24) is 0 Å². The van der Waals surface area contributed by atoms with Gasteiger partial charge < -0.3 is 13.9 Å². The average Bonchev–Trinajstić information content (AvgIpc) is 2.71. The van der Waals surface area contributed by atoms with Crippen LogP contribution in [0, 0.1) is 6.92 Å². The Morgan fingerprint density at radius 3 is 2.04 bits per heavy atom. The van der Waals surface area contributed by atoms with Gasteiger partial charge in [-0.3, -0.25) is 4.79 Å². The van der Waals surface area contributed by atoms with E-state index in [1.165, 1.54) is 6.07 Å². The maximum Gasteiger partial charge on any atom is 0.196 e. The number of hydrogen-bond donors (Lipinski definition) is 0. The van der Waals surface area contributed by atoms with Crippen molar-refractivity contribution >= 4 is 11.0 Å². The minimum Gasteiger partial charge on any atom is -0.489 e.